The van der Waals surface area contributed by atoms with E-state index in [4.69, 9.17) is 9.84 Å². The number of anilines is 1. The van der Waals surface area contributed by atoms with Crippen LogP contribution in [0.4, 0.5) is 14.9 Å². The zero-order chi connectivity index (χ0) is 25.1. The predicted octanol–water partition coefficient (Wildman–Crippen LogP) is 1.42. The number of carbonyl (C=O) groups excluding carboxylic acids is 2. The first-order valence-electron chi connectivity index (χ1n) is 10.7. The van der Waals surface area contributed by atoms with E-state index in [2.05, 4.69) is 10.3 Å². The van der Waals surface area contributed by atoms with Gasteiger partial charge in [0.05, 0.1) is 34.7 Å². The van der Waals surface area contributed by atoms with Gasteiger partial charge in [-0.25, -0.2) is 19.0 Å². The van der Waals surface area contributed by atoms with Crippen molar-refractivity contribution < 1.29 is 33.7 Å². The quantitative estimate of drug-likeness (QED) is 0.318. The van der Waals surface area contributed by atoms with Gasteiger partial charge < -0.3 is 30.2 Å². The molecular formula is C23H19FN4O7. The van der Waals surface area contributed by atoms with Crippen molar-refractivity contribution in [3.8, 4) is 11.4 Å². The van der Waals surface area contributed by atoms with E-state index in [1.807, 2.05) is 5.32 Å². The first kappa shape index (κ1) is 22.5. The maximum atomic E-state index is 14.7. The van der Waals surface area contributed by atoms with Crippen LogP contribution >= 0.6 is 0 Å². The van der Waals surface area contributed by atoms with E-state index in [9.17, 15) is 28.7 Å². The summed E-state index contributed by atoms with van der Waals surface area (Å²) < 4.78 is 21.2. The van der Waals surface area contributed by atoms with Crippen molar-refractivity contribution >= 4 is 34.6 Å². The lowest BCUT2D eigenvalue weighted by Crippen LogP contribution is -2.44. The lowest BCUT2D eigenvalue weighted by molar-refractivity contribution is -0.172. The zero-order valence-electron chi connectivity index (χ0n) is 18.3. The number of carboxylic acid groups (broad SMARTS) is 1. The lowest BCUT2D eigenvalue weighted by Gasteiger charge is -2.31. The molecule has 0 saturated heterocycles. The smallest absolute Gasteiger partial charge is 0.405 e. The number of amides is 2. The molecule has 0 aliphatic carbocycles. The molecule has 1 atom stereocenters. The minimum atomic E-state index is -1.95. The molecule has 180 valence electrons. The molecule has 2 aromatic heterocycles. The van der Waals surface area contributed by atoms with Crippen LogP contribution in [0.25, 0.3) is 22.3 Å². The Morgan fingerprint density at radius 1 is 1.26 bits per heavy atom. The number of cyclic esters (lactones) is 1. The molecule has 0 spiro atoms. The number of carbonyl (C=O) groups is 3. The van der Waals surface area contributed by atoms with Crippen LogP contribution < -0.4 is 16.2 Å². The summed E-state index contributed by atoms with van der Waals surface area (Å²) in [4.78, 5) is 52.4. The summed E-state index contributed by atoms with van der Waals surface area (Å²) in [5.74, 6) is -2.35. The van der Waals surface area contributed by atoms with Crippen LogP contribution in [-0.4, -0.2) is 44.3 Å². The molecule has 5 rings (SSSR count). The number of aliphatic hydroxyl groups is 1. The second-order valence-corrected chi connectivity index (χ2v) is 8.33. The summed E-state index contributed by atoms with van der Waals surface area (Å²) in [7, 11) is 0. The van der Waals surface area contributed by atoms with E-state index in [0.717, 1.165) is 6.07 Å². The summed E-state index contributed by atoms with van der Waals surface area (Å²) >= 11 is 0. The minimum Gasteiger partial charge on any atom is -0.465 e. The van der Waals surface area contributed by atoms with Gasteiger partial charge in [0.15, 0.2) is 5.60 Å². The second-order valence-electron chi connectivity index (χ2n) is 8.33. The first-order valence-corrected chi connectivity index (χ1v) is 10.7. The first-order chi connectivity index (χ1) is 16.6. The number of pyridine rings is 2. The third-order valence-corrected chi connectivity index (χ3v) is 6.27. The Kier molecular flexibility index (Phi) is 5.06. The molecule has 2 amide bonds. The number of benzene rings is 1. The van der Waals surface area contributed by atoms with Crippen LogP contribution in [0.3, 0.4) is 0 Å². The monoisotopic (exact) mass is 482 g/mol. The minimum absolute atomic E-state index is 0.0153. The van der Waals surface area contributed by atoms with Crippen molar-refractivity contribution in [1.29, 1.82) is 0 Å². The van der Waals surface area contributed by atoms with Gasteiger partial charge in [-0.2, -0.15) is 0 Å². The van der Waals surface area contributed by atoms with E-state index in [-0.39, 0.29) is 41.9 Å². The van der Waals surface area contributed by atoms with Gasteiger partial charge in [0.25, 0.3) is 5.56 Å². The Hall–Kier alpha value is -4.32. The largest absolute Gasteiger partial charge is 0.465 e. The van der Waals surface area contributed by atoms with Gasteiger partial charge >= 0.3 is 12.1 Å². The molecule has 0 bridgehead atoms. The van der Waals surface area contributed by atoms with Crippen LogP contribution in [0.15, 0.2) is 29.1 Å². The average Bonchev–Trinajstić information content (AvgIpc) is 3.17. The molecule has 4 N–H and O–H groups in total. The molecule has 11 nitrogen and oxygen atoms in total. The number of fused-ring (bicyclic) bond motifs is 5. The van der Waals surface area contributed by atoms with Crippen LogP contribution in [-0.2, 0) is 33.1 Å². The highest BCUT2D eigenvalue weighted by Crippen LogP contribution is 2.39. The molecular weight excluding hydrogens is 463 g/mol. The molecule has 0 radical (unpaired) electrons. The predicted molar refractivity (Wildman–Crippen MR) is 119 cm³/mol. The number of aromatic nitrogens is 2. The molecule has 2 aliphatic heterocycles. The van der Waals surface area contributed by atoms with E-state index >= 15 is 0 Å². The molecule has 4 heterocycles. The Morgan fingerprint density at radius 2 is 2.03 bits per heavy atom. The number of nitrogens with zero attached hydrogens (tertiary/aromatic N) is 2. The molecule has 0 saturated carbocycles. The van der Waals surface area contributed by atoms with Crippen LogP contribution in [0.1, 0.15) is 30.0 Å². The molecule has 1 aromatic carbocycles. The highest BCUT2D eigenvalue weighted by Gasteiger charge is 2.45. The summed E-state index contributed by atoms with van der Waals surface area (Å²) in [6.45, 7) is 0.985. The normalized spacial score (nSPS) is 17.9. The number of nitrogens with one attached hydrogen (secondary N) is 2. The number of esters is 1. The van der Waals surface area contributed by atoms with Crippen molar-refractivity contribution in [1.82, 2.24) is 14.9 Å². The number of ether oxygens (including phenoxy) is 1. The van der Waals surface area contributed by atoms with E-state index < -0.39 is 41.5 Å². The standard InChI is InChI=1S/C23H19FN4O7/c1-2-23(34)13-5-17-19-11(8-28(17)20(30)12(13)9-35-21(23)31)3-10-4-16(14(24)6-15(10)27-19)26-18(29)7-25-22(32)33/h3-6,25,34H,2,7-9H2,1H3,(H,26,29)(H,32,33)/t23-/m0/s1. The summed E-state index contributed by atoms with van der Waals surface area (Å²) in [5.41, 5.74) is -0.417. The van der Waals surface area contributed by atoms with Gasteiger partial charge in [-0.05, 0) is 24.6 Å². The molecule has 35 heavy (non-hydrogen) atoms. The van der Waals surface area contributed by atoms with Crippen LogP contribution in [0.5, 0.6) is 0 Å². The molecule has 0 fully saturated rings. The molecule has 3 aromatic rings. The maximum Gasteiger partial charge on any atom is 0.405 e. The summed E-state index contributed by atoms with van der Waals surface area (Å²) in [6, 6.07) is 5.76. The van der Waals surface area contributed by atoms with E-state index in [1.54, 1.807) is 19.1 Å². The fourth-order valence-electron chi connectivity index (χ4n) is 4.45. The van der Waals surface area contributed by atoms with Crippen molar-refractivity contribution in [2.45, 2.75) is 32.1 Å². The Morgan fingerprint density at radius 3 is 2.74 bits per heavy atom. The number of halogens is 1. The van der Waals surface area contributed by atoms with Gasteiger partial charge in [0.2, 0.25) is 5.91 Å². The highest BCUT2D eigenvalue weighted by molar-refractivity contribution is 5.96. The third kappa shape index (κ3) is 3.49. The molecule has 12 heteroatoms. The number of hydrogen-bond acceptors (Lipinski definition) is 7. The van der Waals surface area contributed by atoms with Gasteiger partial charge in [-0.15, -0.1) is 0 Å². The second kappa shape index (κ2) is 7.87. The van der Waals surface area contributed by atoms with Gasteiger partial charge in [0, 0.05) is 22.6 Å². The van der Waals surface area contributed by atoms with E-state index in [1.165, 1.54) is 10.6 Å². The van der Waals surface area contributed by atoms with Gasteiger partial charge in [-0.3, -0.25) is 9.59 Å². The summed E-state index contributed by atoms with van der Waals surface area (Å²) in [6.07, 6.45) is -1.37. The Labute approximate surface area is 196 Å². The highest BCUT2D eigenvalue weighted by atomic mass is 19.1. The SMILES string of the molecule is CC[C@@]1(O)C(=O)OCc2c1cc1n(c2=O)Cc2cc3cc(NC(=O)CNC(=O)O)c(F)cc3nc2-1. The molecule has 2 aliphatic rings. The fourth-order valence-corrected chi connectivity index (χ4v) is 4.45. The number of rotatable bonds is 4. The topological polar surface area (TPSA) is 160 Å². The third-order valence-electron chi connectivity index (χ3n) is 6.27. The van der Waals surface area contributed by atoms with Crippen molar-refractivity contribution in [2.24, 2.45) is 0 Å². The summed E-state index contributed by atoms with van der Waals surface area (Å²) in [5, 5.41) is 24.2. The Balaban J connectivity index is 1.58. The molecule has 0 unspecified atom stereocenters. The average molecular weight is 482 g/mol. The van der Waals surface area contributed by atoms with Crippen molar-refractivity contribution in [3.63, 3.8) is 0 Å². The zero-order valence-corrected chi connectivity index (χ0v) is 18.3. The number of hydrogen-bond donors (Lipinski definition) is 4. The van der Waals surface area contributed by atoms with Crippen LogP contribution in [0.2, 0.25) is 0 Å². The van der Waals surface area contributed by atoms with Crippen molar-refractivity contribution in [2.75, 3.05) is 11.9 Å². The Bertz CT molecular complexity index is 1520. The van der Waals surface area contributed by atoms with Gasteiger partial charge in [0.1, 0.15) is 19.0 Å². The lowest BCUT2D eigenvalue weighted by atomic mass is 9.86. The van der Waals surface area contributed by atoms with Gasteiger partial charge in [-0.1, -0.05) is 6.92 Å². The van der Waals surface area contributed by atoms with Crippen LogP contribution in [0, 0.1) is 5.82 Å². The van der Waals surface area contributed by atoms with Crippen molar-refractivity contribution in [3.05, 3.63) is 57.1 Å². The van der Waals surface area contributed by atoms with E-state index in [0.29, 0.717) is 22.3 Å². The fraction of sp³-hybridized carbons (Fsp3) is 0.261. The maximum absolute atomic E-state index is 14.7.